The lowest BCUT2D eigenvalue weighted by molar-refractivity contribution is 1.13. The van der Waals surface area contributed by atoms with Crippen molar-refractivity contribution in [3.8, 4) is 22.8 Å². The fraction of sp³-hybridized carbons (Fsp3) is 0. The van der Waals surface area contributed by atoms with Crippen LogP contribution < -0.4 is 0 Å². The number of fused-ring (bicyclic) bond motifs is 5. The Hall–Kier alpha value is -5.22. The Labute approximate surface area is 219 Å². The van der Waals surface area contributed by atoms with Crippen LogP contribution in [0.4, 0.5) is 0 Å². The summed E-state index contributed by atoms with van der Waals surface area (Å²) in [5, 5.41) is 6.14. The van der Waals surface area contributed by atoms with Crippen LogP contribution in [0.3, 0.4) is 0 Å². The minimum Gasteiger partial charge on any atom is -0.317 e. The maximum absolute atomic E-state index is 4.77. The van der Waals surface area contributed by atoms with Crippen LogP contribution in [-0.2, 0) is 0 Å². The zero-order valence-corrected chi connectivity index (χ0v) is 20.5. The fourth-order valence-electron chi connectivity index (χ4n) is 5.62. The van der Waals surface area contributed by atoms with Crippen molar-refractivity contribution >= 4 is 43.5 Å². The Bertz CT molecular complexity index is 2100. The van der Waals surface area contributed by atoms with E-state index in [2.05, 4.69) is 117 Å². The number of rotatable bonds is 3. The summed E-state index contributed by atoms with van der Waals surface area (Å²) in [5.41, 5.74) is 7.50. The van der Waals surface area contributed by atoms with Crippen LogP contribution in [0.1, 0.15) is 0 Å². The number of hydrogen-bond acceptors (Lipinski definition) is 2. The molecule has 8 rings (SSSR count). The monoisotopic (exact) mass is 486 g/mol. The van der Waals surface area contributed by atoms with Crippen LogP contribution in [0, 0.1) is 0 Å². The maximum Gasteiger partial charge on any atom is 0.0887 e. The molecule has 0 amide bonds. The van der Waals surface area contributed by atoms with Crippen molar-refractivity contribution in [2.45, 2.75) is 0 Å². The molecule has 0 aliphatic carbocycles. The third kappa shape index (κ3) is 3.17. The Morgan fingerprint density at radius 3 is 2.11 bits per heavy atom. The van der Waals surface area contributed by atoms with Crippen molar-refractivity contribution in [1.82, 2.24) is 19.1 Å². The van der Waals surface area contributed by atoms with E-state index in [4.69, 9.17) is 4.98 Å². The highest BCUT2D eigenvalue weighted by Gasteiger charge is 2.15. The first-order valence-electron chi connectivity index (χ1n) is 12.7. The second kappa shape index (κ2) is 8.15. The van der Waals surface area contributed by atoms with Crippen molar-refractivity contribution in [3.05, 3.63) is 134 Å². The van der Waals surface area contributed by atoms with E-state index in [-0.39, 0.29) is 0 Å². The lowest BCUT2D eigenvalue weighted by Gasteiger charge is -2.10. The first-order chi connectivity index (χ1) is 18.8. The first kappa shape index (κ1) is 20.9. The number of benzene rings is 4. The Morgan fingerprint density at radius 1 is 0.474 bits per heavy atom. The minimum absolute atomic E-state index is 0.867. The topological polar surface area (TPSA) is 35.6 Å². The quantitative estimate of drug-likeness (QED) is 0.252. The smallest absolute Gasteiger partial charge is 0.0887 e. The zero-order valence-electron chi connectivity index (χ0n) is 20.5. The van der Waals surface area contributed by atoms with Gasteiger partial charge in [-0.25, -0.2) is 0 Å². The van der Waals surface area contributed by atoms with E-state index in [0.29, 0.717) is 0 Å². The van der Waals surface area contributed by atoms with Gasteiger partial charge in [-0.15, -0.1) is 0 Å². The molecule has 0 fully saturated rings. The molecule has 4 heteroatoms. The van der Waals surface area contributed by atoms with Gasteiger partial charge in [0.1, 0.15) is 0 Å². The minimum atomic E-state index is 0.867. The molecular weight excluding hydrogens is 464 g/mol. The van der Waals surface area contributed by atoms with Crippen LogP contribution >= 0.6 is 0 Å². The molecule has 0 aliphatic heterocycles. The van der Waals surface area contributed by atoms with E-state index >= 15 is 0 Å². The van der Waals surface area contributed by atoms with Crippen molar-refractivity contribution < 1.29 is 0 Å². The van der Waals surface area contributed by atoms with Crippen LogP contribution in [-0.4, -0.2) is 19.1 Å². The highest BCUT2D eigenvalue weighted by molar-refractivity contribution is 6.15. The molecule has 8 aromatic rings. The van der Waals surface area contributed by atoms with Gasteiger partial charge in [0.15, 0.2) is 0 Å². The summed E-state index contributed by atoms with van der Waals surface area (Å²) < 4.78 is 4.58. The summed E-state index contributed by atoms with van der Waals surface area (Å²) >= 11 is 0. The van der Waals surface area contributed by atoms with Gasteiger partial charge in [0, 0.05) is 34.2 Å². The summed E-state index contributed by atoms with van der Waals surface area (Å²) in [5.74, 6) is 0. The Balaban J connectivity index is 1.35. The van der Waals surface area contributed by atoms with Crippen LogP contribution in [0.5, 0.6) is 0 Å². The molecule has 4 heterocycles. The number of pyridine rings is 2. The molecule has 4 aromatic carbocycles. The molecule has 0 radical (unpaired) electrons. The molecule has 0 atom stereocenters. The van der Waals surface area contributed by atoms with E-state index in [0.717, 1.165) is 17.1 Å². The average molecular weight is 487 g/mol. The van der Waals surface area contributed by atoms with Gasteiger partial charge < -0.3 is 9.13 Å². The van der Waals surface area contributed by atoms with Gasteiger partial charge >= 0.3 is 0 Å². The molecule has 38 heavy (non-hydrogen) atoms. The number of hydrogen-bond donors (Lipinski definition) is 0. The zero-order chi connectivity index (χ0) is 25.1. The van der Waals surface area contributed by atoms with Crippen molar-refractivity contribution in [2.75, 3.05) is 0 Å². The molecule has 4 nitrogen and oxygen atoms in total. The summed E-state index contributed by atoms with van der Waals surface area (Å²) in [7, 11) is 0. The van der Waals surface area contributed by atoms with Gasteiger partial charge in [0.05, 0.1) is 39.8 Å². The Morgan fingerprint density at radius 2 is 1.26 bits per heavy atom. The normalized spacial score (nSPS) is 11.7. The fourth-order valence-corrected chi connectivity index (χ4v) is 5.62. The molecule has 0 N–H and O–H groups in total. The number of nitrogens with zero attached hydrogens (tertiary/aromatic N) is 4. The van der Waals surface area contributed by atoms with Gasteiger partial charge in [0.25, 0.3) is 0 Å². The molecule has 0 aliphatic rings. The summed E-state index contributed by atoms with van der Waals surface area (Å²) in [6, 6.07) is 40.7. The van der Waals surface area contributed by atoms with Gasteiger partial charge in [-0.1, -0.05) is 42.5 Å². The third-order valence-electron chi connectivity index (χ3n) is 7.41. The summed E-state index contributed by atoms with van der Waals surface area (Å²) in [6.07, 6.45) is 5.90. The van der Waals surface area contributed by atoms with Gasteiger partial charge in [-0.3, -0.25) is 9.97 Å². The SMILES string of the molecule is c1ccc(-n2ccc3cc4cc5c(cc4cc32)c2ccccc2n5-c2ccc(-c3ccccn3)nc2)cc1. The summed E-state index contributed by atoms with van der Waals surface area (Å²) in [6.45, 7) is 0. The largest absolute Gasteiger partial charge is 0.317 e. The lowest BCUT2D eigenvalue weighted by atomic mass is 10.0. The molecule has 178 valence electrons. The second-order valence-corrected chi connectivity index (χ2v) is 9.62. The molecule has 0 saturated carbocycles. The van der Waals surface area contributed by atoms with Crippen molar-refractivity contribution in [3.63, 3.8) is 0 Å². The average Bonchev–Trinajstić information content (AvgIpc) is 3.54. The van der Waals surface area contributed by atoms with Crippen molar-refractivity contribution in [2.24, 2.45) is 0 Å². The second-order valence-electron chi connectivity index (χ2n) is 9.62. The predicted molar refractivity (Wildman–Crippen MR) is 156 cm³/mol. The summed E-state index contributed by atoms with van der Waals surface area (Å²) in [4.78, 5) is 9.22. The van der Waals surface area contributed by atoms with E-state index in [9.17, 15) is 0 Å². The van der Waals surface area contributed by atoms with E-state index in [1.54, 1.807) is 6.20 Å². The van der Waals surface area contributed by atoms with Crippen LogP contribution in [0.25, 0.3) is 66.2 Å². The number of aromatic nitrogens is 4. The Kier molecular flexibility index (Phi) is 4.49. The lowest BCUT2D eigenvalue weighted by Crippen LogP contribution is -1.96. The molecule has 0 unspecified atom stereocenters. The van der Waals surface area contributed by atoms with E-state index < -0.39 is 0 Å². The standard InChI is InChI=1S/C34H22N4/c1-2-8-26(9-3-1)37-17-15-23-18-24-21-34-29(19-25(24)20-33(23)37)28-10-4-5-12-32(28)38(34)27-13-14-31(36-22-27)30-11-6-7-16-35-30/h1-22H. The first-order valence-corrected chi connectivity index (χ1v) is 12.7. The van der Waals surface area contributed by atoms with E-state index in [1.165, 1.54) is 49.2 Å². The van der Waals surface area contributed by atoms with E-state index in [1.807, 2.05) is 24.4 Å². The maximum atomic E-state index is 4.77. The predicted octanol–water partition coefficient (Wildman–Crippen LogP) is 8.34. The highest BCUT2D eigenvalue weighted by atomic mass is 15.0. The van der Waals surface area contributed by atoms with Crippen molar-refractivity contribution in [1.29, 1.82) is 0 Å². The molecule has 0 bridgehead atoms. The van der Waals surface area contributed by atoms with Gasteiger partial charge in [-0.05, 0) is 83.6 Å². The van der Waals surface area contributed by atoms with Crippen LogP contribution in [0.15, 0.2) is 134 Å². The molecule has 0 saturated heterocycles. The molecule has 0 spiro atoms. The third-order valence-corrected chi connectivity index (χ3v) is 7.41. The van der Waals surface area contributed by atoms with Gasteiger partial charge in [0.2, 0.25) is 0 Å². The highest BCUT2D eigenvalue weighted by Crippen LogP contribution is 2.36. The van der Waals surface area contributed by atoms with Crippen LogP contribution in [0.2, 0.25) is 0 Å². The molecular formula is C34H22N4. The number of para-hydroxylation sites is 2. The molecule has 4 aromatic heterocycles. The van der Waals surface area contributed by atoms with Gasteiger partial charge in [-0.2, -0.15) is 0 Å².